The first kappa shape index (κ1) is 16.0. The average molecular weight is 378 g/mol. The fourth-order valence-electron chi connectivity index (χ4n) is 2.80. The summed E-state index contributed by atoms with van der Waals surface area (Å²) in [6, 6.07) is 12.8. The van der Waals surface area contributed by atoms with Crippen LogP contribution in [0.15, 0.2) is 46.9 Å². The lowest BCUT2D eigenvalue weighted by molar-refractivity contribution is 0.0764. The lowest BCUT2D eigenvalue weighted by Crippen LogP contribution is -2.43. The molecule has 1 aliphatic rings. The maximum absolute atomic E-state index is 13.7. The predicted molar refractivity (Wildman–Crippen MR) is 89.4 cm³/mol. The quantitative estimate of drug-likeness (QED) is 0.760. The van der Waals surface area contributed by atoms with Gasteiger partial charge in [-0.25, -0.2) is 9.18 Å². The van der Waals surface area contributed by atoms with Crippen molar-refractivity contribution in [1.82, 2.24) is 4.90 Å². The highest BCUT2D eigenvalue weighted by Crippen LogP contribution is 2.31. The van der Waals surface area contributed by atoms with Gasteiger partial charge in [0.05, 0.1) is 11.0 Å². The minimum Gasteiger partial charge on any atom is -0.445 e. The van der Waals surface area contributed by atoms with Gasteiger partial charge in [0.15, 0.2) is 0 Å². The van der Waals surface area contributed by atoms with Crippen LogP contribution in [0.4, 0.5) is 9.18 Å². The number of hydrogen-bond acceptors (Lipinski definition) is 2. The second-order valence-electron chi connectivity index (χ2n) is 5.72. The van der Waals surface area contributed by atoms with Crippen molar-refractivity contribution in [3.8, 4) is 0 Å². The molecule has 23 heavy (non-hydrogen) atoms. The molecule has 0 N–H and O–H groups in total. The van der Waals surface area contributed by atoms with E-state index < -0.39 is 0 Å². The minimum atomic E-state index is -0.372. The van der Waals surface area contributed by atoms with Crippen molar-refractivity contribution in [3.05, 3.63) is 69.4 Å². The number of rotatable bonds is 2. The predicted octanol–water partition coefficient (Wildman–Crippen LogP) is 4.67. The highest BCUT2D eigenvalue weighted by Gasteiger charge is 2.29. The van der Waals surface area contributed by atoms with Crippen LogP contribution in [0.25, 0.3) is 0 Å². The zero-order valence-electron chi connectivity index (χ0n) is 12.8. The third-order valence-electron chi connectivity index (χ3n) is 4.11. The summed E-state index contributed by atoms with van der Waals surface area (Å²) in [6.45, 7) is 2.56. The Labute approximate surface area is 143 Å². The number of nitrogens with zero attached hydrogens (tertiary/aromatic N) is 1. The Morgan fingerprint density at radius 2 is 2.04 bits per heavy atom. The first-order valence-electron chi connectivity index (χ1n) is 7.49. The first-order chi connectivity index (χ1) is 11.1. The van der Waals surface area contributed by atoms with Crippen LogP contribution in [0, 0.1) is 5.82 Å². The normalized spacial score (nSPS) is 16.8. The Hall–Kier alpha value is -1.88. The molecule has 1 unspecified atom stereocenters. The van der Waals surface area contributed by atoms with Crippen molar-refractivity contribution in [1.29, 1.82) is 0 Å². The molecule has 1 amide bonds. The molecule has 0 radical (unpaired) electrons. The van der Waals surface area contributed by atoms with Crippen LogP contribution in [0.2, 0.25) is 0 Å². The van der Waals surface area contributed by atoms with E-state index in [-0.39, 0.29) is 24.6 Å². The summed E-state index contributed by atoms with van der Waals surface area (Å²) in [5, 5.41) is 0. The van der Waals surface area contributed by atoms with Crippen LogP contribution in [-0.2, 0) is 24.3 Å². The van der Waals surface area contributed by atoms with E-state index in [0.29, 0.717) is 17.4 Å². The van der Waals surface area contributed by atoms with Gasteiger partial charge in [-0.3, -0.25) is 0 Å². The maximum atomic E-state index is 13.7. The third-order valence-corrected chi connectivity index (χ3v) is 4.97. The van der Waals surface area contributed by atoms with Crippen molar-refractivity contribution in [2.45, 2.75) is 32.5 Å². The summed E-state index contributed by atoms with van der Waals surface area (Å²) < 4.78 is 19.6. The minimum absolute atomic E-state index is 0.0168. The lowest BCUT2D eigenvalue weighted by Gasteiger charge is -2.34. The molecule has 1 heterocycles. The van der Waals surface area contributed by atoms with E-state index in [1.807, 2.05) is 37.3 Å². The van der Waals surface area contributed by atoms with Gasteiger partial charge in [0.1, 0.15) is 12.4 Å². The van der Waals surface area contributed by atoms with Crippen LogP contribution in [0.5, 0.6) is 0 Å². The molecule has 2 aromatic rings. The van der Waals surface area contributed by atoms with Crippen molar-refractivity contribution in [2.75, 3.05) is 0 Å². The van der Waals surface area contributed by atoms with Gasteiger partial charge >= 0.3 is 6.09 Å². The Morgan fingerprint density at radius 1 is 1.30 bits per heavy atom. The molecule has 3 nitrogen and oxygen atoms in total. The fourth-order valence-corrected chi connectivity index (χ4v) is 3.31. The molecule has 0 fully saturated rings. The number of hydrogen-bond donors (Lipinski definition) is 0. The van der Waals surface area contributed by atoms with E-state index in [9.17, 15) is 9.18 Å². The van der Waals surface area contributed by atoms with Crippen LogP contribution < -0.4 is 0 Å². The van der Waals surface area contributed by atoms with E-state index >= 15 is 0 Å². The van der Waals surface area contributed by atoms with Gasteiger partial charge in [-0.05, 0) is 52.0 Å². The molecule has 120 valence electrons. The molecular weight excluding hydrogens is 361 g/mol. The summed E-state index contributed by atoms with van der Waals surface area (Å²) in [5.41, 5.74) is 2.83. The number of ether oxygens (including phenoxy) is 1. The Kier molecular flexibility index (Phi) is 4.66. The average Bonchev–Trinajstić information content (AvgIpc) is 2.57. The van der Waals surface area contributed by atoms with Crippen LogP contribution in [0.1, 0.15) is 23.6 Å². The molecule has 0 aliphatic carbocycles. The zero-order valence-corrected chi connectivity index (χ0v) is 14.3. The SMILES string of the molecule is CC1Cc2ccc(F)c(Br)c2CN1C(=O)OCc1ccccc1. The molecule has 2 aromatic carbocycles. The molecular formula is C18H17BrFNO2. The zero-order chi connectivity index (χ0) is 16.4. The number of halogens is 2. The Bertz CT molecular complexity index is 720. The summed E-state index contributed by atoms with van der Waals surface area (Å²) >= 11 is 3.28. The highest BCUT2D eigenvalue weighted by atomic mass is 79.9. The van der Waals surface area contributed by atoms with Gasteiger partial charge in [-0.15, -0.1) is 0 Å². The molecule has 0 aromatic heterocycles. The van der Waals surface area contributed by atoms with E-state index in [4.69, 9.17) is 4.74 Å². The van der Waals surface area contributed by atoms with Crippen molar-refractivity contribution >= 4 is 22.0 Å². The van der Waals surface area contributed by atoms with Crippen LogP contribution >= 0.6 is 15.9 Å². The Balaban J connectivity index is 1.72. The highest BCUT2D eigenvalue weighted by molar-refractivity contribution is 9.10. The summed E-state index contributed by atoms with van der Waals surface area (Å²) in [4.78, 5) is 14.0. The molecule has 1 atom stereocenters. The van der Waals surface area contributed by atoms with Crippen molar-refractivity contribution in [2.24, 2.45) is 0 Å². The number of benzene rings is 2. The summed E-state index contributed by atoms with van der Waals surface area (Å²) in [6.07, 6.45) is 0.317. The monoisotopic (exact) mass is 377 g/mol. The van der Waals surface area contributed by atoms with Gasteiger partial charge in [-0.2, -0.15) is 0 Å². The summed E-state index contributed by atoms with van der Waals surface area (Å²) in [5.74, 6) is -0.309. The summed E-state index contributed by atoms with van der Waals surface area (Å²) in [7, 11) is 0. The first-order valence-corrected chi connectivity index (χ1v) is 8.28. The topological polar surface area (TPSA) is 29.5 Å². The van der Waals surface area contributed by atoms with E-state index in [1.165, 1.54) is 6.07 Å². The smallest absolute Gasteiger partial charge is 0.410 e. The number of carbonyl (C=O) groups excluding carboxylic acids is 1. The van der Waals surface area contributed by atoms with Crippen molar-refractivity contribution in [3.63, 3.8) is 0 Å². The van der Waals surface area contributed by atoms with E-state index in [1.54, 1.807) is 11.0 Å². The standard InChI is InChI=1S/C18H17BrFNO2/c1-12-9-14-7-8-16(20)17(19)15(14)10-21(12)18(22)23-11-13-5-3-2-4-6-13/h2-8,12H,9-11H2,1H3. The second kappa shape index (κ2) is 6.71. The van der Waals surface area contributed by atoms with Gasteiger partial charge in [0, 0.05) is 6.04 Å². The largest absolute Gasteiger partial charge is 0.445 e. The maximum Gasteiger partial charge on any atom is 0.410 e. The van der Waals surface area contributed by atoms with Gasteiger partial charge < -0.3 is 9.64 Å². The fraction of sp³-hybridized carbons (Fsp3) is 0.278. The molecule has 5 heteroatoms. The van der Waals surface area contributed by atoms with Crippen LogP contribution in [-0.4, -0.2) is 17.0 Å². The Morgan fingerprint density at radius 3 is 2.78 bits per heavy atom. The second-order valence-corrected chi connectivity index (χ2v) is 6.51. The molecule has 0 spiro atoms. The molecule has 0 saturated carbocycles. The van der Waals surface area contributed by atoms with Crippen LogP contribution in [0.3, 0.4) is 0 Å². The lowest BCUT2D eigenvalue weighted by atomic mass is 9.95. The number of carbonyl (C=O) groups is 1. The molecule has 1 aliphatic heterocycles. The van der Waals surface area contributed by atoms with Gasteiger partial charge in [0.2, 0.25) is 0 Å². The van der Waals surface area contributed by atoms with Gasteiger partial charge in [-0.1, -0.05) is 36.4 Å². The molecule has 0 saturated heterocycles. The number of fused-ring (bicyclic) bond motifs is 1. The third kappa shape index (κ3) is 3.39. The van der Waals surface area contributed by atoms with Crippen molar-refractivity contribution < 1.29 is 13.9 Å². The molecule has 3 rings (SSSR count). The molecule has 0 bridgehead atoms. The van der Waals surface area contributed by atoms with E-state index in [0.717, 1.165) is 16.7 Å². The van der Waals surface area contributed by atoms with Gasteiger partial charge in [0.25, 0.3) is 0 Å². The number of amides is 1. The van der Waals surface area contributed by atoms with E-state index in [2.05, 4.69) is 15.9 Å².